The summed E-state index contributed by atoms with van der Waals surface area (Å²) in [6.07, 6.45) is -4.70. The van der Waals surface area contributed by atoms with E-state index in [0.29, 0.717) is 5.56 Å². The summed E-state index contributed by atoms with van der Waals surface area (Å²) in [4.78, 5) is 23.8. The van der Waals surface area contributed by atoms with Crippen molar-refractivity contribution < 1.29 is 32.6 Å². The summed E-state index contributed by atoms with van der Waals surface area (Å²) in [5.41, 5.74) is -0.631. The summed E-state index contributed by atoms with van der Waals surface area (Å²) in [7, 11) is 0. The zero-order chi connectivity index (χ0) is 20.3. The predicted octanol–water partition coefficient (Wildman–Crippen LogP) is 3.96. The van der Waals surface area contributed by atoms with Gasteiger partial charge in [0.1, 0.15) is 5.75 Å². The van der Waals surface area contributed by atoms with Crippen LogP contribution in [0.3, 0.4) is 0 Å². The maximum absolute atomic E-state index is 13.1. The highest BCUT2D eigenvalue weighted by Crippen LogP contribution is 2.36. The number of carbonyl (C=O) groups is 2. The molecule has 0 fully saturated rings. The van der Waals surface area contributed by atoms with E-state index in [4.69, 9.17) is 4.74 Å². The second-order valence-corrected chi connectivity index (χ2v) is 5.80. The Hall–Kier alpha value is -3.61. The number of carbonyl (C=O) groups excluding carboxylic acids is 2. The Labute approximate surface area is 157 Å². The van der Waals surface area contributed by atoms with Crippen molar-refractivity contribution >= 4 is 11.9 Å². The number of carboxylic acid groups (broad SMARTS) is 1. The van der Waals surface area contributed by atoms with E-state index in [0.717, 1.165) is 18.2 Å². The van der Waals surface area contributed by atoms with Gasteiger partial charge >= 0.3 is 12.1 Å². The molecule has 4 nitrogen and oxygen atoms in total. The van der Waals surface area contributed by atoms with Crippen LogP contribution in [0.15, 0.2) is 72.8 Å². The molecule has 0 aliphatic heterocycles. The van der Waals surface area contributed by atoms with Gasteiger partial charge in [0.05, 0.1) is 17.1 Å². The minimum atomic E-state index is -4.70. The number of benzene rings is 3. The van der Waals surface area contributed by atoms with E-state index in [2.05, 4.69) is 0 Å². The topological polar surface area (TPSA) is 66.4 Å². The molecule has 3 aromatic rings. The van der Waals surface area contributed by atoms with Crippen LogP contribution in [0.4, 0.5) is 13.2 Å². The molecule has 7 heteroatoms. The first kappa shape index (κ1) is 19.2. The molecule has 28 heavy (non-hydrogen) atoms. The summed E-state index contributed by atoms with van der Waals surface area (Å²) < 4.78 is 44.4. The van der Waals surface area contributed by atoms with E-state index < -0.39 is 29.4 Å². The molecule has 0 aliphatic rings. The van der Waals surface area contributed by atoms with Gasteiger partial charge in [0.2, 0.25) is 0 Å². The molecule has 0 atom stereocenters. The fourth-order valence-corrected chi connectivity index (χ4v) is 2.65. The number of esters is 1. The van der Waals surface area contributed by atoms with Gasteiger partial charge in [-0.25, -0.2) is 4.79 Å². The average Bonchev–Trinajstić information content (AvgIpc) is 2.67. The van der Waals surface area contributed by atoms with Gasteiger partial charge in [0, 0.05) is 0 Å². The van der Waals surface area contributed by atoms with Crippen LogP contribution in [0.2, 0.25) is 0 Å². The number of rotatable bonds is 4. The Morgan fingerprint density at radius 3 is 2.14 bits per heavy atom. The Morgan fingerprint density at radius 2 is 1.50 bits per heavy atom. The fraction of sp³-hybridized carbons (Fsp3) is 0.0476. The highest BCUT2D eigenvalue weighted by Gasteiger charge is 2.34. The van der Waals surface area contributed by atoms with Gasteiger partial charge in [0.15, 0.2) is 0 Å². The lowest BCUT2D eigenvalue weighted by Gasteiger charge is -2.15. The molecule has 0 amide bonds. The summed E-state index contributed by atoms with van der Waals surface area (Å²) in [6, 6.07) is 16.2. The van der Waals surface area contributed by atoms with E-state index >= 15 is 0 Å². The maximum Gasteiger partial charge on any atom is 0.419 e. The number of ether oxygens (including phenoxy) is 1. The Morgan fingerprint density at radius 1 is 0.857 bits per heavy atom. The van der Waals surface area contributed by atoms with Gasteiger partial charge in [-0.3, -0.25) is 0 Å². The predicted molar refractivity (Wildman–Crippen MR) is 92.6 cm³/mol. The van der Waals surface area contributed by atoms with Crippen molar-refractivity contribution in [2.45, 2.75) is 6.18 Å². The number of hydrogen-bond acceptors (Lipinski definition) is 4. The van der Waals surface area contributed by atoms with Crippen LogP contribution >= 0.6 is 0 Å². The summed E-state index contributed by atoms with van der Waals surface area (Å²) >= 11 is 0. The van der Waals surface area contributed by atoms with Gasteiger partial charge in [-0.15, -0.1) is 0 Å². The summed E-state index contributed by atoms with van der Waals surface area (Å²) in [5.74, 6) is -3.12. The van der Waals surface area contributed by atoms with Crippen molar-refractivity contribution in [3.05, 3.63) is 89.5 Å². The smallest absolute Gasteiger partial charge is 0.419 e. The van der Waals surface area contributed by atoms with Gasteiger partial charge in [-0.2, -0.15) is 13.2 Å². The molecule has 0 bridgehead atoms. The molecule has 0 aromatic heterocycles. The number of para-hydroxylation sites is 1. The number of carboxylic acids is 1. The third-order valence-electron chi connectivity index (χ3n) is 3.96. The molecule has 0 saturated carbocycles. The van der Waals surface area contributed by atoms with E-state index in [9.17, 15) is 27.9 Å². The second kappa shape index (κ2) is 7.56. The molecular formula is C21H12F3O4-. The van der Waals surface area contributed by atoms with Gasteiger partial charge in [0.25, 0.3) is 0 Å². The largest absolute Gasteiger partial charge is 0.545 e. The summed E-state index contributed by atoms with van der Waals surface area (Å²) in [6.45, 7) is 0. The number of hydrogen-bond donors (Lipinski definition) is 0. The molecule has 0 heterocycles. The van der Waals surface area contributed by atoms with Crippen LogP contribution < -0.4 is 9.84 Å². The van der Waals surface area contributed by atoms with E-state index in [1.165, 1.54) is 24.3 Å². The molecule has 0 N–H and O–H groups in total. The molecular weight excluding hydrogens is 373 g/mol. The van der Waals surface area contributed by atoms with Crippen molar-refractivity contribution in [2.24, 2.45) is 0 Å². The third kappa shape index (κ3) is 4.03. The first-order valence-electron chi connectivity index (χ1n) is 8.06. The van der Waals surface area contributed by atoms with Crippen molar-refractivity contribution in [2.75, 3.05) is 0 Å². The Kier molecular flexibility index (Phi) is 5.17. The summed E-state index contributed by atoms with van der Waals surface area (Å²) in [5, 5.41) is 11.2. The first-order chi connectivity index (χ1) is 13.3. The van der Waals surface area contributed by atoms with Gasteiger partial charge in [-0.05, 0) is 41.0 Å². The van der Waals surface area contributed by atoms with Crippen LogP contribution in [0.1, 0.15) is 26.3 Å². The highest BCUT2D eigenvalue weighted by atomic mass is 19.4. The van der Waals surface area contributed by atoms with Crippen molar-refractivity contribution in [1.29, 1.82) is 0 Å². The number of halogens is 3. The van der Waals surface area contributed by atoms with Crippen LogP contribution in [0, 0.1) is 0 Å². The van der Waals surface area contributed by atoms with Crippen molar-refractivity contribution in [3.63, 3.8) is 0 Å². The van der Waals surface area contributed by atoms with E-state index in [-0.39, 0.29) is 16.7 Å². The van der Waals surface area contributed by atoms with Crippen LogP contribution in [0.25, 0.3) is 11.1 Å². The first-order valence-corrected chi connectivity index (χ1v) is 8.06. The van der Waals surface area contributed by atoms with Crippen molar-refractivity contribution in [1.82, 2.24) is 0 Å². The van der Waals surface area contributed by atoms with E-state index in [1.807, 2.05) is 0 Å². The molecule has 3 aromatic carbocycles. The minimum Gasteiger partial charge on any atom is -0.545 e. The fourth-order valence-electron chi connectivity index (χ4n) is 2.65. The lowest BCUT2D eigenvalue weighted by Crippen LogP contribution is -2.22. The van der Waals surface area contributed by atoms with Gasteiger partial charge < -0.3 is 14.6 Å². The zero-order valence-corrected chi connectivity index (χ0v) is 14.2. The average molecular weight is 385 g/mol. The lowest BCUT2D eigenvalue weighted by atomic mass is 9.97. The normalized spacial score (nSPS) is 11.1. The molecule has 0 spiro atoms. The molecule has 0 aliphatic carbocycles. The molecule has 142 valence electrons. The van der Waals surface area contributed by atoms with Crippen LogP contribution in [0.5, 0.6) is 5.75 Å². The SMILES string of the molecule is O=C([O-])c1ccc(C(=O)Oc2ccccc2C(F)(F)F)c(-c2ccccc2)c1. The maximum atomic E-state index is 13.1. The van der Waals surface area contributed by atoms with Crippen LogP contribution in [-0.4, -0.2) is 11.9 Å². The van der Waals surface area contributed by atoms with Gasteiger partial charge in [-0.1, -0.05) is 48.5 Å². The Bertz CT molecular complexity index is 1030. The number of aromatic carboxylic acids is 1. The quantitative estimate of drug-likeness (QED) is 0.504. The molecule has 0 saturated heterocycles. The zero-order valence-electron chi connectivity index (χ0n) is 14.2. The lowest BCUT2D eigenvalue weighted by molar-refractivity contribution is -0.255. The Balaban J connectivity index is 2.05. The second-order valence-electron chi connectivity index (χ2n) is 5.80. The highest BCUT2D eigenvalue weighted by molar-refractivity contribution is 6.00. The van der Waals surface area contributed by atoms with E-state index in [1.54, 1.807) is 30.3 Å². The van der Waals surface area contributed by atoms with Crippen molar-refractivity contribution in [3.8, 4) is 16.9 Å². The minimum absolute atomic E-state index is 0.0758. The molecule has 0 radical (unpaired) electrons. The third-order valence-corrected chi connectivity index (χ3v) is 3.96. The standard InChI is InChI=1S/C21H13F3O4/c22-21(23,24)17-8-4-5-9-18(17)28-20(27)15-11-10-14(19(25)26)12-16(15)13-6-2-1-3-7-13/h1-12H,(H,25,26)/p-1. The molecule has 0 unspecified atom stereocenters. The monoisotopic (exact) mass is 385 g/mol. The van der Waals surface area contributed by atoms with Crippen LogP contribution in [-0.2, 0) is 6.18 Å². The molecule has 3 rings (SSSR count). The number of alkyl halides is 3.